The van der Waals surface area contributed by atoms with E-state index < -0.39 is 21.5 Å². The van der Waals surface area contributed by atoms with Crippen LogP contribution in [-0.2, 0) is 16.4 Å². The Hall–Kier alpha value is -1.66. The predicted molar refractivity (Wildman–Crippen MR) is 78.2 cm³/mol. The Morgan fingerprint density at radius 3 is 2.33 bits per heavy atom. The van der Waals surface area contributed by atoms with Gasteiger partial charge in [0.05, 0.1) is 15.6 Å². The summed E-state index contributed by atoms with van der Waals surface area (Å²) in [5.41, 5.74) is 0.153. The smallest absolute Gasteiger partial charge is 0.175 e. The summed E-state index contributed by atoms with van der Waals surface area (Å²) in [6.45, 7) is -0.147. The molecule has 1 N–H and O–H groups in total. The number of rotatable bonds is 4. The second-order valence-corrected chi connectivity index (χ2v) is 6.89. The van der Waals surface area contributed by atoms with E-state index in [1.807, 2.05) is 0 Å². The highest BCUT2D eigenvalue weighted by atomic mass is 35.5. The second kappa shape index (κ2) is 5.99. The molecule has 0 amide bonds. The van der Waals surface area contributed by atoms with E-state index >= 15 is 0 Å². The Morgan fingerprint density at radius 2 is 1.76 bits per heavy atom. The molecule has 0 spiro atoms. The minimum atomic E-state index is -3.39. The Balaban J connectivity index is 2.28. The van der Waals surface area contributed by atoms with E-state index in [4.69, 9.17) is 11.6 Å². The van der Waals surface area contributed by atoms with Gasteiger partial charge in [-0.25, -0.2) is 17.2 Å². The zero-order valence-corrected chi connectivity index (χ0v) is 12.6. The van der Waals surface area contributed by atoms with Crippen molar-refractivity contribution in [3.8, 4) is 0 Å². The lowest BCUT2D eigenvalue weighted by atomic mass is 10.2. The van der Waals surface area contributed by atoms with Gasteiger partial charge in [-0.2, -0.15) is 0 Å². The zero-order valence-electron chi connectivity index (χ0n) is 11.0. The van der Waals surface area contributed by atoms with E-state index in [0.29, 0.717) is 5.69 Å². The summed E-state index contributed by atoms with van der Waals surface area (Å²) >= 11 is 5.95. The van der Waals surface area contributed by atoms with Gasteiger partial charge in [-0.05, 0) is 30.3 Å². The molecule has 0 radical (unpaired) electrons. The third-order valence-electron chi connectivity index (χ3n) is 2.88. The number of halogens is 3. The highest BCUT2D eigenvalue weighted by Gasteiger charge is 2.12. The van der Waals surface area contributed by atoms with Crippen molar-refractivity contribution in [3.05, 3.63) is 58.6 Å². The van der Waals surface area contributed by atoms with Crippen molar-refractivity contribution in [2.75, 3.05) is 11.6 Å². The van der Waals surface area contributed by atoms with Crippen LogP contribution in [-0.4, -0.2) is 14.7 Å². The molecule has 0 heterocycles. The number of hydrogen-bond donors (Lipinski definition) is 1. The van der Waals surface area contributed by atoms with E-state index in [2.05, 4.69) is 5.32 Å². The van der Waals surface area contributed by atoms with Crippen LogP contribution in [0.3, 0.4) is 0 Å². The molecule has 0 unspecified atom stereocenters. The van der Waals surface area contributed by atoms with Crippen LogP contribution in [0, 0.1) is 11.6 Å². The molecule has 7 heteroatoms. The molecule has 3 nitrogen and oxygen atoms in total. The molecule has 0 atom stereocenters. The number of anilines is 1. The molecule has 2 aromatic carbocycles. The summed E-state index contributed by atoms with van der Waals surface area (Å²) in [4.78, 5) is 0.0726. The Morgan fingerprint density at radius 1 is 1.14 bits per heavy atom. The summed E-state index contributed by atoms with van der Waals surface area (Å²) in [6, 6.07) is 7.68. The van der Waals surface area contributed by atoms with E-state index in [9.17, 15) is 17.2 Å². The summed E-state index contributed by atoms with van der Waals surface area (Å²) in [6.07, 6.45) is 1.07. The molecule has 112 valence electrons. The van der Waals surface area contributed by atoms with Crippen molar-refractivity contribution in [2.45, 2.75) is 11.4 Å². The minimum absolute atomic E-state index is 0.0726. The zero-order chi connectivity index (χ0) is 15.6. The SMILES string of the molecule is CS(=O)(=O)c1ccc(Cl)c(NCc2c(F)cccc2F)c1. The molecule has 0 fully saturated rings. The molecule has 2 aromatic rings. The normalized spacial score (nSPS) is 11.4. The Kier molecular flexibility index (Phi) is 4.49. The fraction of sp³-hybridized carbons (Fsp3) is 0.143. The van der Waals surface area contributed by atoms with E-state index in [1.54, 1.807) is 0 Å². The van der Waals surface area contributed by atoms with Crippen LogP contribution in [0.25, 0.3) is 0 Å². The standard InChI is InChI=1S/C14H12ClF2NO2S/c1-21(19,20)9-5-6-11(15)14(7-9)18-8-10-12(16)3-2-4-13(10)17/h2-7,18H,8H2,1H3. The van der Waals surface area contributed by atoms with Crippen LogP contribution in [0.2, 0.25) is 5.02 Å². The number of sulfone groups is 1. The summed E-state index contributed by atoms with van der Waals surface area (Å²) in [5, 5.41) is 3.01. The summed E-state index contributed by atoms with van der Waals surface area (Å²) in [7, 11) is -3.39. The van der Waals surface area contributed by atoms with E-state index in [-0.39, 0.29) is 22.0 Å². The average molecular weight is 332 g/mol. The van der Waals surface area contributed by atoms with Crippen LogP contribution in [0.5, 0.6) is 0 Å². The van der Waals surface area contributed by atoms with E-state index in [0.717, 1.165) is 18.4 Å². The van der Waals surface area contributed by atoms with Crippen molar-refractivity contribution < 1.29 is 17.2 Å². The van der Waals surface area contributed by atoms with Crippen LogP contribution in [0.15, 0.2) is 41.3 Å². The lowest BCUT2D eigenvalue weighted by molar-refractivity contribution is 0.560. The molecule has 0 aromatic heterocycles. The second-order valence-electron chi connectivity index (χ2n) is 4.47. The predicted octanol–water partition coefficient (Wildman–Crippen LogP) is 3.63. The lowest BCUT2D eigenvalue weighted by Gasteiger charge is -2.11. The summed E-state index contributed by atoms with van der Waals surface area (Å²) in [5.74, 6) is -1.37. The van der Waals surface area contributed by atoms with Crippen LogP contribution in [0.1, 0.15) is 5.56 Å². The molecule has 0 aliphatic carbocycles. The van der Waals surface area contributed by atoms with Crippen LogP contribution in [0.4, 0.5) is 14.5 Å². The minimum Gasteiger partial charge on any atom is -0.380 e. The van der Waals surface area contributed by atoms with Gasteiger partial charge in [-0.15, -0.1) is 0 Å². The molecule has 0 aliphatic heterocycles. The topological polar surface area (TPSA) is 46.2 Å². The molecular formula is C14H12ClF2NO2S. The molecule has 0 aliphatic rings. The van der Waals surface area contributed by atoms with Crippen molar-refractivity contribution in [3.63, 3.8) is 0 Å². The van der Waals surface area contributed by atoms with E-state index in [1.165, 1.54) is 24.3 Å². The quantitative estimate of drug-likeness (QED) is 0.930. The maximum Gasteiger partial charge on any atom is 0.175 e. The van der Waals surface area contributed by atoms with Crippen molar-refractivity contribution >= 4 is 27.1 Å². The van der Waals surface area contributed by atoms with Crippen molar-refractivity contribution in [2.24, 2.45) is 0 Å². The van der Waals surface area contributed by atoms with Crippen LogP contribution >= 0.6 is 11.6 Å². The highest BCUT2D eigenvalue weighted by molar-refractivity contribution is 7.90. The number of hydrogen-bond acceptors (Lipinski definition) is 3. The van der Waals surface area contributed by atoms with Gasteiger partial charge in [0.25, 0.3) is 0 Å². The van der Waals surface area contributed by atoms with Gasteiger partial charge in [0.15, 0.2) is 9.84 Å². The van der Waals surface area contributed by atoms with Gasteiger partial charge in [0.2, 0.25) is 0 Å². The van der Waals surface area contributed by atoms with Gasteiger partial charge in [0, 0.05) is 18.4 Å². The Bertz CT molecular complexity index is 758. The van der Waals surface area contributed by atoms with Crippen molar-refractivity contribution in [1.29, 1.82) is 0 Å². The molecule has 0 bridgehead atoms. The van der Waals surface area contributed by atoms with Gasteiger partial charge in [0.1, 0.15) is 11.6 Å². The molecule has 21 heavy (non-hydrogen) atoms. The summed E-state index contributed by atoms with van der Waals surface area (Å²) < 4.78 is 50.0. The highest BCUT2D eigenvalue weighted by Crippen LogP contribution is 2.26. The van der Waals surface area contributed by atoms with Crippen molar-refractivity contribution in [1.82, 2.24) is 0 Å². The lowest BCUT2D eigenvalue weighted by Crippen LogP contribution is -2.06. The largest absolute Gasteiger partial charge is 0.380 e. The van der Waals surface area contributed by atoms with Gasteiger partial charge >= 0.3 is 0 Å². The number of benzene rings is 2. The molecule has 0 saturated carbocycles. The first-order valence-electron chi connectivity index (χ1n) is 5.95. The first kappa shape index (κ1) is 15.7. The first-order chi connectivity index (χ1) is 9.79. The fourth-order valence-electron chi connectivity index (χ4n) is 1.76. The van der Waals surface area contributed by atoms with Gasteiger partial charge < -0.3 is 5.32 Å². The Labute approximate surface area is 126 Å². The third kappa shape index (κ3) is 3.71. The third-order valence-corrected chi connectivity index (χ3v) is 4.32. The first-order valence-corrected chi connectivity index (χ1v) is 8.22. The molecule has 2 rings (SSSR count). The molecule has 0 saturated heterocycles. The maximum atomic E-state index is 13.5. The van der Waals surface area contributed by atoms with Crippen LogP contribution < -0.4 is 5.32 Å². The average Bonchev–Trinajstić information content (AvgIpc) is 2.38. The maximum absolute atomic E-state index is 13.5. The molecular weight excluding hydrogens is 320 g/mol. The van der Waals surface area contributed by atoms with Gasteiger partial charge in [-0.3, -0.25) is 0 Å². The monoisotopic (exact) mass is 331 g/mol. The fourth-order valence-corrected chi connectivity index (χ4v) is 2.59. The number of nitrogens with one attached hydrogen (secondary N) is 1. The van der Waals surface area contributed by atoms with Gasteiger partial charge in [-0.1, -0.05) is 17.7 Å².